The van der Waals surface area contributed by atoms with Crippen LogP contribution in [0.15, 0.2) is 46.1 Å². The summed E-state index contributed by atoms with van der Waals surface area (Å²) >= 11 is 1.05. The zero-order valence-electron chi connectivity index (χ0n) is 14.7. The maximum Gasteiger partial charge on any atom is 0.307 e. The number of hydrogen-bond acceptors (Lipinski definition) is 4. The highest BCUT2D eigenvalue weighted by Gasteiger charge is 2.21. The fourth-order valence-electron chi connectivity index (χ4n) is 3.51. The van der Waals surface area contributed by atoms with Gasteiger partial charge in [0.2, 0.25) is 10.0 Å². The van der Waals surface area contributed by atoms with Crippen molar-refractivity contribution in [1.29, 1.82) is 0 Å². The lowest BCUT2D eigenvalue weighted by Gasteiger charge is -2.16. The van der Waals surface area contributed by atoms with Gasteiger partial charge in [0.25, 0.3) is 0 Å². The summed E-state index contributed by atoms with van der Waals surface area (Å²) in [6.45, 7) is 1.85. The quantitative estimate of drug-likeness (QED) is 0.747. The van der Waals surface area contributed by atoms with Gasteiger partial charge in [0.05, 0.1) is 15.1 Å². The monoisotopic (exact) mass is 388 g/mol. The average Bonchev–Trinajstić information content (AvgIpc) is 3.18. The van der Waals surface area contributed by atoms with Crippen molar-refractivity contribution in [1.82, 2.24) is 9.29 Å². The van der Waals surface area contributed by atoms with Crippen LogP contribution in [-0.2, 0) is 29.9 Å². The summed E-state index contributed by atoms with van der Waals surface area (Å²) in [5, 5.41) is 0. The number of rotatable bonds is 4. The molecule has 0 spiro atoms. The zero-order chi connectivity index (χ0) is 18.5. The summed E-state index contributed by atoms with van der Waals surface area (Å²) in [5.74, 6) is 0. The number of nitrogens with one attached hydrogen (secondary N) is 1. The van der Waals surface area contributed by atoms with Gasteiger partial charge in [0, 0.05) is 13.1 Å². The molecular formula is C19H20N2O3S2. The minimum absolute atomic E-state index is 0.103. The fourth-order valence-corrected chi connectivity index (χ4v) is 5.76. The van der Waals surface area contributed by atoms with E-state index in [1.165, 1.54) is 22.1 Å². The van der Waals surface area contributed by atoms with Gasteiger partial charge in [-0.1, -0.05) is 29.5 Å². The SMILES string of the molecule is CC(NS(=O)(=O)c1ccc2c(c1)sc(=O)n2C)c1ccc2c(c1)CCC2. The van der Waals surface area contributed by atoms with Gasteiger partial charge >= 0.3 is 4.87 Å². The van der Waals surface area contributed by atoms with E-state index in [0.717, 1.165) is 35.3 Å². The van der Waals surface area contributed by atoms with Crippen molar-refractivity contribution >= 4 is 31.6 Å². The summed E-state index contributed by atoms with van der Waals surface area (Å²) in [4.78, 5) is 11.8. The molecule has 0 aliphatic heterocycles. The van der Waals surface area contributed by atoms with Gasteiger partial charge in [-0.3, -0.25) is 4.79 Å². The Bertz CT molecular complexity index is 1160. The Morgan fingerprint density at radius 3 is 2.69 bits per heavy atom. The summed E-state index contributed by atoms with van der Waals surface area (Å²) in [5.41, 5.74) is 4.41. The number of fused-ring (bicyclic) bond motifs is 2. The molecule has 0 fully saturated rings. The third-order valence-electron chi connectivity index (χ3n) is 5.03. The second kappa shape index (κ2) is 6.33. The molecule has 0 radical (unpaired) electrons. The predicted molar refractivity (Wildman–Crippen MR) is 104 cm³/mol. The number of nitrogens with zero attached hydrogens (tertiary/aromatic N) is 1. The van der Waals surface area contributed by atoms with E-state index in [2.05, 4.69) is 16.9 Å². The van der Waals surface area contributed by atoms with Gasteiger partial charge in [-0.25, -0.2) is 13.1 Å². The molecule has 0 amide bonds. The number of sulfonamides is 1. The van der Waals surface area contributed by atoms with Gasteiger partial charge in [-0.15, -0.1) is 0 Å². The van der Waals surface area contributed by atoms with E-state index in [1.54, 1.807) is 25.2 Å². The van der Waals surface area contributed by atoms with Crippen LogP contribution in [0.1, 0.15) is 36.1 Å². The molecule has 1 aromatic heterocycles. The number of aryl methyl sites for hydroxylation is 3. The number of thiazole rings is 1. The molecule has 0 bridgehead atoms. The van der Waals surface area contributed by atoms with Gasteiger partial charge in [-0.05, 0) is 61.1 Å². The molecule has 4 rings (SSSR count). The topological polar surface area (TPSA) is 68.2 Å². The standard InChI is InChI=1S/C19H20N2O3S2/c1-12(14-7-6-13-4-3-5-15(13)10-14)20-26(23,24)16-8-9-17-18(11-16)25-19(22)21(17)2/h6-12,20H,3-5H2,1-2H3. The van der Waals surface area contributed by atoms with E-state index in [-0.39, 0.29) is 15.8 Å². The first-order valence-corrected chi connectivity index (χ1v) is 10.9. The van der Waals surface area contributed by atoms with Crippen LogP contribution in [0.4, 0.5) is 0 Å². The van der Waals surface area contributed by atoms with Crippen LogP contribution in [0.5, 0.6) is 0 Å². The van der Waals surface area contributed by atoms with E-state index in [4.69, 9.17) is 0 Å². The highest BCUT2D eigenvalue weighted by Crippen LogP contribution is 2.27. The summed E-state index contributed by atoms with van der Waals surface area (Å²) in [7, 11) is -1.99. The molecule has 1 atom stereocenters. The van der Waals surface area contributed by atoms with E-state index < -0.39 is 10.0 Å². The van der Waals surface area contributed by atoms with Crippen molar-refractivity contribution in [2.75, 3.05) is 0 Å². The van der Waals surface area contributed by atoms with Gasteiger partial charge in [-0.2, -0.15) is 0 Å². The fraction of sp³-hybridized carbons (Fsp3) is 0.316. The van der Waals surface area contributed by atoms with E-state index in [1.807, 2.05) is 13.0 Å². The smallest absolute Gasteiger partial charge is 0.302 e. The largest absolute Gasteiger partial charge is 0.307 e. The number of hydrogen-bond donors (Lipinski definition) is 1. The first kappa shape index (κ1) is 17.5. The van der Waals surface area contributed by atoms with Crippen molar-refractivity contribution in [3.8, 4) is 0 Å². The van der Waals surface area contributed by atoms with E-state index in [9.17, 15) is 13.2 Å². The highest BCUT2D eigenvalue weighted by atomic mass is 32.2. The maximum absolute atomic E-state index is 12.8. The predicted octanol–water partition coefficient (Wildman–Crippen LogP) is 3.13. The lowest BCUT2D eigenvalue weighted by molar-refractivity contribution is 0.567. The van der Waals surface area contributed by atoms with Crippen LogP contribution in [-0.4, -0.2) is 13.0 Å². The molecule has 0 saturated heterocycles. The minimum atomic E-state index is -3.67. The van der Waals surface area contributed by atoms with Gasteiger partial charge < -0.3 is 4.57 Å². The molecule has 136 valence electrons. The molecule has 2 aromatic carbocycles. The minimum Gasteiger partial charge on any atom is -0.302 e. The molecule has 1 heterocycles. The Balaban J connectivity index is 1.63. The molecule has 1 aliphatic carbocycles. The lowest BCUT2D eigenvalue weighted by Crippen LogP contribution is -2.27. The molecule has 1 N–H and O–H groups in total. The summed E-state index contributed by atoms with van der Waals surface area (Å²) in [6, 6.07) is 10.7. The summed E-state index contributed by atoms with van der Waals surface area (Å²) in [6.07, 6.45) is 3.33. The van der Waals surface area contributed by atoms with Crippen molar-refractivity contribution in [3.63, 3.8) is 0 Å². The molecule has 1 aliphatic rings. The molecule has 5 nitrogen and oxygen atoms in total. The van der Waals surface area contributed by atoms with Crippen molar-refractivity contribution in [2.45, 2.75) is 37.1 Å². The summed E-state index contributed by atoms with van der Waals surface area (Å²) < 4.78 is 30.5. The lowest BCUT2D eigenvalue weighted by atomic mass is 10.0. The zero-order valence-corrected chi connectivity index (χ0v) is 16.3. The normalized spacial score (nSPS) is 15.3. The first-order valence-electron chi connectivity index (χ1n) is 8.59. The average molecular weight is 389 g/mol. The Hall–Kier alpha value is -1.96. The second-order valence-electron chi connectivity index (χ2n) is 6.78. The van der Waals surface area contributed by atoms with E-state index >= 15 is 0 Å². The molecule has 3 aromatic rings. The van der Waals surface area contributed by atoms with Crippen LogP contribution in [0, 0.1) is 0 Å². The van der Waals surface area contributed by atoms with Crippen LogP contribution in [0.3, 0.4) is 0 Å². The number of benzene rings is 2. The van der Waals surface area contributed by atoms with E-state index in [0.29, 0.717) is 4.70 Å². The maximum atomic E-state index is 12.8. The van der Waals surface area contributed by atoms with Crippen LogP contribution in [0.25, 0.3) is 10.2 Å². The Morgan fingerprint density at radius 1 is 1.12 bits per heavy atom. The second-order valence-corrected chi connectivity index (χ2v) is 9.49. The molecule has 7 heteroatoms. The Morgan fingerprint density at radius 2 is 1.88 bits per heavy atom. The highest BCUT2D eigenvalue weighted by molar-refractivity contribution is 7.89. The molecular weight excluding hydrogens is 368 g/mol. The number of aromatic nitrogens is 1. The van der Waals surface area contributed by atoms with Gasteiger partial charge in [0.15, 0.2) is 0 Å². The molecule has 26 heavy (non-hydrogen) atoms. The van der Waals surface area contributed by atoms with Crippen molar-refractivity contribution in [2.24, 2.45) is 7.05 Å². The van der Waals surface area contributed by atoms with Crippen LogP contribution in [0.2, 0.25) is 0 Å². The molecule has 0 saturated carbocycles. The third-order valence-corrected chi connectivity index (χ3v) is 7.56. The van der Waals surface area contributed by atoms with Crippen LogP contribution >= 0.6 is 11.3 Å². The van der Waals surface area contributed by atoms with Gasteiger partial charge in [0.1, 0.15) is 0 Å². The molecule has 1 unspecified atom stereocenters. The van der Waals surface area contributed by atoms with Crippen LogP contribution < -0.4 is 9.60 Å². The Labute approximate surface area is 156 Å². The first-order chi connectivity index (χ1) is 12.3. The van der Waals surface area contributed by atoms with Crippen molar-refractivity contribution < 1.29 is 8.42 Å². The third kappa shape index (κ3) is 3.00. The van der Waals surface area contributed by atoms with Crippen molar-refractivity contribution in [3.05, 3.63) is 62.8 Å². The Kier molecular flexibility index (Phi) is 4.25.